The average Bonchev–Trinajstić information content (AvgIpc) is 2.93. The monoisotopic (exact) mass is 378 g/mol. The number of hydrogen-bond acceptors (Lipinski definition) is 2. The summed E-state index contributed by atoms with van der Waals surface area (Å²) in [6, 6.07) is 0. The molecule has 2 atom stereocenters. The molecule has 0 aromatic heterocycles. The molecule has 2 amide bonds. The number of carbonyl (C=O) groups is 2. The van der Waals surface area contributed by atoms with E-state index < -0.39 is 36.4 Å². The van der Waals surface area contributed by atoms with Crippen molar-refractivity contribution in [3.8, 4) is 0 Å². The molecule has 0 aromatic carbocycles. The highest BCUT2D eigenvalue weighted by atomic mass is 19.4. The van der Waals surface area contributed by atoms with Crippen LogP contribution in [-0.2, 0) is 9.59 Å². The van der Waals surface area contributed by atoms with E-state index in [0.717, 1.165) is 31.0 Å². The molecule has 1 unspecified atom stereocenters. The van der Waals surface area contributed by atoms with Gasteiger partial charge in [-0.3, -0.25) is 9.59 Å². The van der Waals surface area contributed by atoms with Crippen LogP contribution < -0.4 is 5.32 Å². The fourth-order valence-electron chi connectivity index (χ4n) is 3.42. The number of nitrogens with one attached hydrogen (secondary N) is 1. The van der Waals surface area contributed by atoms with Crippen LogP contribution >= 0.6 is 0 Å². The normalized spacial score (nSPS) is 24.8. The average molecular weight is 378 g/mol. The van der Waals surface area contributed by atoms with Crippen molar-refractivity contribution in [3.05, 3.63) is 0 Å². The summed E-state index contributed by atoms with van der Waals surface area (Å²) in [6.07, 6.45) is -9.17. The standard InChI is InChI=1S/C14H17F7N2O2/c15-12(13(16,17)18,14(19,20)21)11(25)22-5-10(24)23-6-8-3-1-2-4-9(8)7-23/h8-9H,1-7H2,(H,22,25)/t8-,9?/m1/s1. The number of carbonyl (C=O) groups excluding carboxylic acids is 2. The smallest absolute Gasteiger partial charge is 0.344 e. The molecule has 2 fully saturated rings. The van der Waals surface area contributed by atoms with E-state index in [1.807, 2.05) is 0 Å². The fourth-order valence-corrected chi connectivity index (χ4v) is 3.42. The van der Waals surface area contributed by atoms with Gasteiger partial charge in [0.15, 0.2) is 0 Å². The summed E-state index contributed by atoms with van der Waals surface area (Å²) in [6.45, 7) is -0.423. The van der Waals surface area contributed by atoms with Crippen molar-refractivity contribution < 1.29 is 40.3 Å². The van der Waals surface area contributed by atoms with Crippen molar-refractivity contribution in [1.82, 2.24) is 10.2 Å². The predicted molar refractivity (Wildman–Crippen MR) is 71.0 cm³/mol. The van der Waals surface area contributed by atoms with Crippen LogP contribution in [0.4, 0.5) is 30.7 Å². The van der Waals surface area contributed by atoms with Gasteiger partial charge in [0.25, 0.3) is 5.91 Å². The molecule has 1 aliphatic heterocycles. The van der Waals surface area contributed by atoms with E-state index in [4.69, 9.17) is 0 Å². The molecule has 2 aliphatic rings. The third kappa shape index (κ3) is 3.69. The number of halogens is 7. The third-order valence-electron chi connectivity index (χ3n) is 4.82. The minimum Gasteiger partial charge on any atom is -0.344 e. The number of alkyl halides is 7. The summed E-state index contributed by atoms with van der Waals surface area (Å²) < 4.78 is 88.0. The Kier molecular flexibility index (Phi) is 5.25. The SMILES string of the molecule is O=C(CNC(=O)C(F)(C(F)(F)F)C(F)(F)F)N1CC2CCCC[C@@H]2C1. The highest BCUT2D eigenvalue weighted by molar-refractivity contribution is 5.91. The molecule has 144 valence electrons. The Hall–Kier alpha value is -1.55. The first kappa shape index (κ1) is 19.8. The van der Waals surface area contributed by atoms with Gasteiger partial charge < -0.3 is 10.2 Å². The van der Waals surface area contributed by atoms with Crippen molar-refractivity contribution >= 4 is 11.8 Å². The highest BCUT2D eigenvalue weighted by Crippen LogP contribution is 2.46. The van der Waals surface area contributed by atoms with Crippen molar-refractivity contribution in [3.63, 3.8) is 0 Å². The van der Waals surface area contributed by atoms with Gasteiger partial charge in [0, 0.05) is 13.1 Å². The quantitative estimate of drug-likeness (QED) is 0.768. The number of rotatable bonds is 3. The van der Waals surface area contributed by atoms with Crippen molar-refractivity contribution in [1.29, 1.82) is 0 Å². The molecule has 1 N–H and O–H groups in total. The molecule has 4 nitrogen and oxygen atoms in total. The molecular weight excluding hydrogens is 361 g/mol. The van der Waals surface area contributed by atoms with E-state index in [0.29, 0.717) is 13.1 Å². The molecule has 1 saturated carbocycles. The topological polar surface area (TPSA) is 49.4 Å². The first-order valence-electron chi connectivity index (χ1n) is 7.76. The number of nitrogens with zero attached hydrogens (tertiary/aromatic N) is 1. The van der Waals surface area contributed by atoms with Crippen LogP contribution in [0.1, 0.15) is 25.7 Å². The van der Waals surface area contributed by atoms with E-state index in [2.05, 4.69) is 0 Å². The summed E-state index contributed by atoms with van der Waals surface area (Å²) in [5.41, 5.74) is -6.06. The summed E-state index contributed by atoms with van der Waals surface area (Å²) >= 11 is 0. The van der Waals surface area contributed by atoms with Gasteiger partial charge in [-0.1, -0.05) is 12.8 Å². The summed E-state index contributed by atoms with van der Waals surface area (Å²) in [5.74, 6) is -3.26. The van der Waals surface area contributed by atoms with Crippen LogP contribution in [0.15, 0.2) is 0 Å². The lowest BCUT2D eigenvalue weighted by atomic mass is 9.82. The van der Waals surface area contributed by atoms with Gasteiger partial charge in [-0.25, -0.2) is 4.39 Å². The molecule has 0 bridgehead atoms. The Labute approximate surface area is 138 Å². The number of amides is 2. The Morgan fingerprint density at radius 2 is 1.32 bits per heavy atom. The second kappa shape index (κ2) is 6.64. The van der Waals surface area contributed by atoms with Gasteiger partial charge >= 0.3 is 18.0 Å². The largest absolute Gasteiger partial charge is 0.441 e. The second-order valence-electron chi connectivity index (χ2n) is 6.44. The molecule has 0 aromatic rings. The molecule has 25 heavy (non-hydrogen) atoms. The molecule has 11 heteroatoms. The lowest BCUT2D eigenvalue weighted by Crippen LogP contribution is -2.63. The third-order valence-corrected chi connectivity index (χ3v) is 4.82. The Morgan fingerprint density at radius 1 is 0.880 bits per heavy atom. The van der Waals surface area contributed by atoms with Gasteiger partial charge in [0.05, 0.1) is 6.54 Å². The lowest BCUT2D eigenvalue weighted by Gasteiger charge is -2.28. The zero-order valence-electron chi connectivity index (χ0n) is 13.0. The van der Waals surface area contributed by atoms with Crippen molar-refractivity contribution in [2.24, 2.45) is 11.8 Å². The zero-order valence-corrected chi connectivity index (χ0v) is 13.0. The maximum absolute atomic E-state index is 13.5. The van der Waals surface area contributed by atoms with E-state index >= 15 is 0 Å². The maximum atomic E-state index is 13.5. The lowest BCUT2D eigenvalue weighted by molar-refractivity contribution is -0.325. The van der Waals surface area contributed by atoms with Crippen molar-refractivity contribution in [2.75, 3.05) is 19.6 Å². The fraction of sp³-hybridized carbons (Fsp3) is 0.857. The minimum atomic E-state index is -6.49. The molecule has 0 radical (unpaired) electrons. The predicted octanol–water partition coefficient (Wildman–Crippen LogP) is 2.58. The first-order valence-corrected chi connectivity index (χ1v) is 7.76. The Morgan fingerprint density at radius 3 is 1.72 bits per heavy atom. The molecule has 1 saturated heterocycles. The van der Waals surface area contributed by atoms with Gasteiger partial charge in [-0.15, -0.1) is 0 Å². The minimum absolute atomic E-state index is 0.249. The van der Waals surface area contributed by atoms with E-state index in [-0.39, 0.29) is 11.8 Å². The maximum Gasteiger partial charge on any atom is 0.441 e. The summed E-state index contributed by atoms with van der Waals surface area (Å²) in [7, 11) is 0. The Balaban J connectivity index is 1.97. The highest BCUT2D eigenvalue weighted by Gasteiger charge is 2.77. The molecule has 2 rings (SSSR count). The van der Waals surface area contributed by atoms with Crippen molar-refractivity contribution in [2.45, 2.75) is 43.7 Å². The van der Waals surface area contributed by atoms with Gasteiger partial charge in [-0.2, -0.15) is 26.3 Å². The van der Waals surface area contributed by atoms with Crippen LogP contribution in [0.5, 0.6) is 0 Å². The molecule has 1 heterocycles. The Bertz CT molecular complexity index is 504. The van der Waals surface area contributed by atoms with Crippen LogP contribution in [0, 0.1) is 11.8 Å². The van der Waals surface area contributed by atoms with Crippen LogP contribution in [-0.4, -0.2) is 54.4 Å². The number of likely N-dealkylation sites (tertiary alicyclic amines) is 1. The zero-order chi connectivity index (χ0) is 19.0. The van der Waals surface area contributed by atoms with Crippen LogP contribution in [0.2, 0.25) is 0 Å². The molecule has 1 aliphatic carbocycles. The first-order chi connectivity index (χ1) is 11.4. The van der Waals surface area contributed by atoms with Gasteiger partial charge in [0.2, 0.25) is 5.91 Å². The van der Waals surface area contributed by atoms with Gasteiger partial charge in [-0.05, 0) is 24.7 Å². The van der Waals surface area contributed by atoms with E-state index in [1.165, 1.54) is 4.90 Å². The van der Waals surface area contributed by atoms with E-state index in [9.17, 15) is 40.3 Å². The summed E-state index contributed by atoms with van der Waals surface area (Å²) in [5, 5.41) is 1.15. The number of hydrogen-bond donors (Lipinski definition) is 1. The van der Waals surface area contributed by atoms with Gasteiger partial charge in [0.1, 0.15) is 0 Å². The number of fused-ring (bicyclic) bond motifs is 1. The molecule has 0 spiro atoms. The second-order valence-corrected chi connectivity index (χ2v) is 6.44. The van der Waals surface area contributed by atoms with Crippen LogP contribution in [0.3, 0.4) is 0 Å². The molecular formula is C14H17F7N2O2. The summed E-state index contributed by atoms with van der Waals surface area (Å²) in [4.78, 5) is 24.5. The van der Waals surface area contributed by atoms with E-state index in [1.54, 1.807) is 0 Å². The van der Waals surface area contributed by atoms with Crippen LogP contribution in [0.25, 0.3) is 0 Å².